The Morgan fingerprint density at radius 3 is 2.81 bits per heavy atom. The summed E-state index contributed by atoms with van der Waals surface area (Å²) in [4.78, 5) is 32.0. The number of aromatic amines is 1. The fourth-order valence-corrected chi connectivity index (χ4v) is 3.64. The van der Waals surface area contributed by atoms with Gasteiger partial charge in [-0.15, -0.1) is 0 Å². The first kappa shape index (κ1) is 20.5. The van der Waals surface area contributed by atoms with E-state index in [9.17, 15) is 9.59 Å². The average molecular weight is 437 g/mol. The Labute approximate surface area is 181 Å². The largest absolute Gasteiger partial charge is 0.497 e. The number of hydrogen-bond acceptors (Lipinski definition) is 7. The van der Waals surface area contributed by atoms with Gasteiger partial charge in [-0.1, -0.05) is 30.0 Å². The zero-order valence-corrected chi connectivity index (χ0v) is 17.6. The molecule has 0 aliphatic heterocycles. The van der Waals surface area contributed by atoms with E-state index >= 15 is 0 Å². The van der Waals surface area contributed by atoms with Crippen LogP contribution in [-0.4, -0.2) is 45.6 Å². The van der Waals surface area contributed by atoms with E-state index < -0.39 is 0 Å². The van der Waals surface area contributed by atoms with Crippen LogP contribution in [0, 0.1) is 0 Å². The van der Waals surface area contributed by atoms with Gasteiger partial charge in [0.15, 0.2) is 10.8 Å². The second-order valence-corrected chi connectivity index (χ2v) is 7.37. The number of aromatic nitrogens is 4. The van der Waals surface area contributed by atoms with E-state index in [4.69, 9.17) is 9.47 Å². The lowest BCUT2D eigenvalue weighted by atomic mass is 10.3. The van der Waals surface area contributed by atoms with E-state index in [-0.39, 0.29) is 17.2 Å². The van der Waals surface area contributed by atoms with Crippen molar-refractivity contribution in [3.05, 3.63) is 65.1 Å². The molecule has 0 radical (unpaired) electrons. The van der Waals surface area contributed by atoms with Crippen LogP contribution >= 0.6 is 11.8 Å². The molecule has 4 aromatic rings. The van der Waals surface area contributed by atoms with Crippen molar-refractivity contribution >= 4 is 34.4 Å². The predicted molar refractivity (Wildman–Crippen MR) is 118 cm³/mol. The molecule has 0 fully saturated rings. The molecule has 10 heteroatoms. The Balaban J connectivity index is 1.56. The molecule has 0 saturated heterocycles. The van der Waals surface area contributed by atoms with E-state index in [0.29, 0.717) is 39.1 Å². The molecule has 0 unspecified atom stereocenters. The summed E-state index contributed by atoms with van der Waals surface area (Å²) >= 11 is 1.12. The minimum Gasteiger partial charge on any atom is -0.497 e. The number of para-hydroxylation sites is 2. The van der Waals surface area contributed by atoms with Crippen LogP contribution in [0.1, 0.15) is 0 Å². The molecule has 0 atom stereocenters. The number of ether oxygens (including phenoxy) is 2. The first-order valence-electron chi connectivity index (χ1n) is 9.27. The summed E-state index contributed by atoms with van der Waals surface area (Å²) in [7, 11) is 3.12. The minimum atomic E-state index is -0.332. The van der Waals surface area contributed by atoms with Crippen molar-refractivity contribution in [2.24, 2.45) is 0 Å². The fourth-order valence-electron chi connectivity index (χ4n) is 2.98. The van der Waals surface area contributed by atoms with Crippen LogP contribution in [0.5, 0.6) is 11.5 Å². The molecule has 0 aliphatic carbocycles. The first-order valence-corrected chi connectivity index (χ1v) is 10.3. The van der Waals surface area contributed by atoms with Gasteiger partial charge < -0.3 is 19.8 Å². The number of nitrogens with zero attached hydrogens (tertiary/aromatic N) is 3. The molecular formula is C21H19N5O4S. The van der Waals surface area contributed by atoms with Crippen molar-refractivity contribution in [3.63, 3.8) is 0 Å². The van der Waals surface area contributed by atoms with Gasteiger partial charge in [0.25, 0.3) is 5.56 Å². The molecule has 2 aromatic carbocycles. The van der Waals surface area contributed by atoms with Gasteiger partial charge in [0.1, 0.15) is 22.6 Å². The fraction of sp³-hybridized carbons (Fsp3) is 0.143. The average Bonchev–Trinajstić information content (AvgIpc) is 3.22. The lowest BCUT2D eigenvalue weighted by Gasteiger charge is -2.09. The van der Waals surface area contributed by atoms with Crippen molar-refractivity contribution in [3.8, 4) is 17.2 Å². The van der Waals surface area contributed by atoms with Crippen LogP contribution in [0.25, 0.3) is 16.7 Å². The Bertz CT molecular complexity index is 1300. The van der Waals surface area contributed by atoms with Gasteiger partial charge in [0.2, 0.25) is 5.91 Å². The number of hydrogen-bond donors (Lipinski definition) is 2. The van der Waals surface area contributed by atoms with Crippen LogP contribution in [0.2, 0.25) is 0 Å². The van der Waals surface area contributed by atoms with Gasteiger partial charge in [-0.25, -0.2) is 9.67 Å². The normalized spacial score (nSPS) is 10.8. The topological polar surface area (TPSA) is 111 Å². The third kappa shape index (κ3) is 4.38. The summed E-state index contributed by atoms with van der Waals surface area (Å²) in [5.74, 6) is 1.07. The van der Waals surface area contributed by atoms with Gasteiger partial charge in [-0.3, -0.25) is 9.59 Å². The highest BCUT2D eigenvalue weighted by atomic mass is 32.2. The molecule has 9 nitrogen and oxygen atoms in total. The van der Waals surface area contributed by atoms with Gasteiger partial charge in [0, 0.05) is 11.8 Å². The maximum absolute atomic E-state index is 12.5. The molecule has 2 aromatic heterocycles. The molecule has 2 heterocycles. The van der Waals surface area contributed by atoms with Crippen molar-refractivity contribution < 1.29 is 14.3 Å². The number of anilines is 1. The summed E-state index contributed by atoms with van der Waals surface area (Å²) in [5.41, 5.74) is 1.33. The van der Waals surface area contributed by atoms with Gasteiger partial charge in [-0.05, 0) is 24.3 Å². The second-order valence-electron chi connectivity index (χ2n) is 6.41. The van der Waals surface area contributed by atoms with Crippen LogP contribution in [0.4, 0.5) is 5.69 Å². The van der Waals surface area contributed by atoms with E-state index in [2.05, 4.69) is 20.4 Å². The number of benzene rings is 2. The Morgan fingerprint density at radius 1 is 1.16 bits per heavy atom. The Morgan fingerprint density at radius 2 is 2.00 bits per heavy atom. The van der Waals surface area contributed by atoms with E-state index in [1.807, 2.05) is 18.2 Å². The molecule has 0 spiro atoms. The third-order valence-corrected chi connectivity index (χ3v) is 5.30. The Hall–Kier alpha value is -3.79. The number of rotatable bonds is 7. The van der Waals surface area contributed by atoms with Crippen molar-refractivity contribution in [1.29, 1.82) is 0 Å². The van der Waals surface area contributed by atoms with E-state index in [1.165, 1.54) is 6.20 Å². The molecule has 1 amide bonds. The van der Waals surface area contributed by atoms with E-state index in [0.717, 1.165) is 11.8 Å². The molecule has 2 N–H and O–H groups in total. The number of H-pyrrole nitrogens is 1. The smallest absolute Gasteiger partial charge is 0.262 e. The monoisotopic (exact) mass is 437 g/mol. The lowest BCUT2D eigenvalue weighted by molar-refractivity contribution is -0.113. The van der Waals surface area contributed by atoms with Gasteiger partial charge in [0.05, 0.1) is 26.2 Å². The van der Waals surface area contributed by atoms with E-state index in [1.54, 1.807) is 49.2 Å². The summed E-state index contributed by atoms with van der Waals surface area (Å²) in [6.07, 6.45) is 1.46. The van der Waals surface area contributed by atoms with Crippen molar-refractivity contribution in [2.45, 2.75) is 5.16 Å². The van der Waals surface area contributed by atoms with Crippen LogP contribution < -0.4 is 20.3 Å². The number of nitrogens with one attached hydrogen (secondary N) is 2. The number of methoxy groups -OCH3 is 2. The number of carbonyl (C=O) groups is 1. The zero-order chi connectivity index (χ0) is 21.8. The molecule has 158 valence electrons. The zero-order valence-electron chi connectivity index (χ0n) is 16.8. The standard InChI is InChI=1S/C21H19N5O4S/c1-29-14-7-5-6-13(10-14)23-18(27)12-31-21-24-19-15(20(28)25-21)11-22-26(19)16-8-3-4-9-17(16)30-2/h3-11H,12H2,1-2H3,(H,23,27)(H,24,25,28). The predicted octanol–water partition coefficient (Wildman–Crippen LogP) is 2.86. The van der Waals surface area contributed by atoms with Crippen LogP contribution in [0.15, 0.2) is 64.7 Å². The number of amides is 1. The highest BCUT2D eigenvalue weighted by Crippen LogP contribution is 2.25. The molecular weight excluding hydrogens is 418 g/mol. The maximum Gasteiger partial charge on any atom is 0.262 e. The van der Waals surface area contributed by atoms with Gasteiger partial charge in [-0.2, -0.15) is 5.10 Å². The Kier molecular flexibility index (Phi) is 5.89. The van der Waals surface area contributed by atoms with Gasteiger partial charge >= 0.3 is 0 Å². The highest BCUT2D eigenvalue weighted by Gasteiger charge is 2.15. The number of thioether (sulfide) groups is 1. The first-order chi connectivity index (χ1) is 15.1. The molecule has 4 rings (SSSR count). The van der Waals surface area contributed by atoms with Crippen LogP contribution in [-0.2, 0) is 4.79 Å². The molecule has 0 aliphatic rings. The second kappa shape index (κ2) is 8.92. The number of fused-ring (bicyclic) bond motifs is 1. The summed E-state index contributed by atoms with van der Waals surface area (Å²) in [6.45, 7) is 0. The summed E-state index contributed by atoms with van der Waals surface area (Å²) in [6, 6.07) is 14.4. The minimum absolute atomic E-state index is 0.0639. The third-order valence-electron chi connectivity index (χ3n) is 4.42. The SMILES string of the molecule is COc1cccc(NC(=O)CSc2nc3c(cnn3-c3ccccc3OC)c(=O)[nH]2)c1. The quantitative estimate of drug-likeness (QED) is 0.338. The maximum atomic E-state index is 12.5. The summed E-state index contributed by atoms with van der Waals surface area (Å²) in [5, 5.41) is 7.75. The van der Waals surface area contributed by atoms with Crippen molar-refractivity contribution in [1.82, 2.24) is 19.7 Å². The van der Waals surface area contributed by atoms with Crippen molar-refractivity contribution in [2.75, 3.05) is 25.3 Å². The van der Waals surface area contributed by atoms with Crippen LogP contribution in [0.3, 0.4) is 0 Å². The lowest BCUT2D eigenvalue weighted by Crippen LogP contribution is -2.15. The highest BCUT2D eigenvalue weighted by molar-refractivity contribution is 7.99. The molecule has 0 saturated carbocycles. The molecule has 0 bridgehead atoms. The molecule has 31 heavy (non-hydrogen) atoms. The summed E-state index contributed by atoms with van der Waals surface area (Å²) < 4.78 is 12.1. The number of carbonyl (C=O) groups excluding carboxylic acids is 1.